The van der Waals surface area contributed by atoms with Gasteiger partial charge in [0.15, 0.2) is 12.4 Å². The van der Waals surface area contributed by atoms with E-state index in [9.17, 15) is 9.59 Å². The number of benzene rings is 1. The highest BCUT2D eigenvalue weighted by Crippen LogP contribution is 2.13. The third-order valence-corrected chi connectivity index (χ3v) is 2.66. The fourth-order valence-electron chi connectivity index (χ4n) is 1.57. The number of carboxylic acids is 1. The van der Waals surface area contributed by atoms with E-state index in [0.717, 1.165) is 0 Å². The topological polar surface area (TPSA) is 94.3 Å². The van der Waals surface area contributed by atoms with E-state index in [2.05, 4.69) is 10.3 Å². The number of aliphatic carboxylic acids is 1. The number of allylic oxidation sites excluding steroid dienone is 1. The van der Waals surface area contributed by atoms with Gasteiger partial charge in [-0.2, -0.15) is 0 Å². The molecule has 0 atom stereocenters. The smallest absolute Gasteiger partial charge is 0.341 e. The first-order chi connectivity index (χ1) is 10.1. The van der Waals surface area contributed by atoms with Gasteiger partial charge in [0, 0.05) is 12.6 Å². The molecule has 0 amide bonds. The molecule has 0 aliphatic carbocycles. The number of rotatable bonds is 6. The van der Waals surface area contributed by atoms with E-state index >= 15 is 0 Å². The molecule has 7 nitrogen and oxygen atoms in total. The number of aromatic nitrogens is 3. The van der Waals surface area contributed by atoms with Gasteiger partial charge in [-0.1, -0.05) is 5.21 Å². The van der Waals surface area contributed by atoms with Gasteiger partial charge in [0.25, 0.3) is 0 Å². The van der Waals surface area contributed by atoms with Crippen molar-refractivity contribution in [2.24, 2.45) is 7.05 Å². The number of hydrogen-bond acceptors (Lipinski definition) is 5. The van der Waals surface area contributed by atoms with Crippen LogP contribution in [0.3, 0.4) is 0 Å². The van der Waals surface area contributed by atoms with E-state index in [1.54, 1.807) is 48.3 Å². The normalized spacial score (nSPS) is 10.7. The van der Waals surface area contributed by atoms with Crippen molar-refractivity contribution in [1.29, 1.82) is 0 Å². The third kappa shape index (κ3) is 4.00. The summed E-state index contributed by atoms with van der Waals surface area (Å²) in [6, 6.07) is 6.25. The van der Waals surface area contributed by atoms with Crippen molar-refractivity contribution >= 4 is 17.8 Å². The Labute approximate surface area is 120 Å². The van der Waals surface area contributed by atoms with Gasteiger partial charge < -0.3 is 9.84 Å². The van der Waals surface area contributed by atoms with Crippen LogP contribution in [0.4, 0.5) is 0 Å². The Balaban J connectivity index is 2.01. The molecule has 0 aliphatic heterocycles. The largest absolute Gasteiger partial charge is 0.482 e. The van der Waals surface area contributed by atoms with Crippen LogP contribution in [0.2, 0.25) is 0 Å². The van der Waals surface area contributed by atoms with E-state index in [-0.39, 0.29) is 5.78 Å². The molecule has 1 aromatic heterocycles. The van der Waals surface area contributed by atoms with E-state index in [4.69, 9.17) is 9.84 Å². The zero-order chi connectivity index (χ0) is 15.2. The number of hydrogen-bond donors (Lipinski definition) is 1. The van der Waals surface area contributed by atoms with Crippen molar-refractivity contribution in [2.45, 2.75) is 0 Å². The van der Waals surface area contributed by atoms with Gasteiger partial charge in [0.1, 0.15) is 5.75 Å². The molecule has 0 saturated carbocycles. The molecule has 0 spiro atoms. The Morgan fingerprint density at radius 3 is 2.62 bits per heavy atom. The van der Waals surface area contributed by atoms with Crippen LogP contribution in [-0.2, 0) is 11.8 Å². The van der Waals surface area contributed by atoms with E-state index in [0.29, 0.717) is 17.0 Å². The fraction of sp³-hybridized carbons (Fsp3) is 0.143. The summed E-state index contributed by atoms with van der Waals surface area (Å²) in [5, 5.41) is 16.0. The highest BCUT2D eigenvalue weighted by molar-refractivity contribution is 6.06. The van der Waals surface area contributed by atoms with Gasteiger partial charge in [0.2, 0.25) is 0 Å². The highest BCUT2D eigenvalue weighted by atomic mass is 16.5. The predicted octanol–water partition coefficient (Wildman–Crippen LogP) is 1.17. The summed E-state index contributed by atoms with van der Waals surface area (Å²) < 4.78 is 6.54. The van der Waals surface area contributed by atoms with Crippen LogP contribution in [0, 0.1) is 0 Å². The Morgan fingerprint density at radius 2 is 2.05 bits per heavy atom. The lowest BCUT2D eigenvalue weighted by Gasteiger charge is -2.03. The first-order valence-corrected chi connectivity index (χ1v) is 6.08. The van der Waals surface area contributed by atoms with Crippen LogP contribution in [0.15, 0.2) is 36.5 Å². The molecule has 0 saturated heterocycles. The SMILES string of the molecule is Cn1nncc1C=CC(=O)c1ccc(OCC(=O)O)cc1. The Kier molecular flexibility index (Phi) is 4.45. The standard InChI is InChI=1S/C14H13N3O4/c1-17-11(8-15-16-17)4-7-13(18)10-2-5-12(6-3-10)21-9-14(19)20/h2-8H,9H2,1H3,(H,19,20). The van der Waals surface area contributed by atoms with Gasteiger partial charge in [-0.25, -0.2) is 9.48 Å². The summed E-state index contributed by atoms with van der Waals surface area (Å²) in [7, 11) is 1.73. The number of carboxylic acid groups (broad SMARTS) is 1. The van der Waals surface area contributed by atoms with Crippen molar-refractivity contribution in [1.82, 2.24) is 15.0 Å². The average Bonchev–Trinajstić information content (AvgIpc) is 2.88. The fourth-order valence-corrected chi connectivity index (χ4v) is 1.57. The zero-order valence-electron chi connectivity index (χ0n) is 11.3. The van der Waals surface area contributed by atoms with Crippen LogP contribution >= 0.6 is 0 Å². The zero-order valence-corrected chi connectivity index (χ0v) is 11.3. The molecule has 1 N–H and O–H groups in total. The minimum Gasteiger partial charge on any atom is -0.482 e. The summed E-state index contributed by atoms with van der Waals surface area (Å²) in [5.74, 6) is -0.836. The second kappa shape index (κ2) is 6.47. The summed E-state index contributed by atoms with van der Waals surface area (Å²) in [5.41, 5.74) is 1.19. The lowest BCUT2D eigenvalue weighted by molar-refractivity contribution is -0.139. The molecule has 1 heterocycles. The summed E-state index contributed by atoms with van der Waals surface area (Å²) in [6.45, 7) is -0.416. The van der Waals surface area contributed by atoms with Crippen LogP contribution in [0.5, 0.6) is 5.75 Å². The van der Waals surface area contributed by atoms with Crippen molar-refractivity contribution in [3.63, 3.8) is 0 Å². The molecule has 108 valence electrons. The molecule has 2 aromatic rings. The molecule has 0 aliphatic rings. The number of aryl methyl sites for hydroxylation is 1. The molecule has 21 heavy (non-hydrogen) atoms. The van der Waals surface area contributed by atoms with Gasteiger partial charge in [-0.15, -0.1) is 5.10 Å². The maximum absolute atomic E-state index is 12.0. The van der Waals surface area contributed by atoms with Crippen LogP contribution in [-0.4, -0.2) is 38.5 Å². The van der Waals surface area contributed by atoms with Crippen molar-refractivity contribution in [3.05, 3.63) is 47.8 Å². The van der Waals surface area contributed by atoms with Crippen molar-refractivity contribution < 1.29 is 19.4 Å². The first kappa shape index (κ1) is 14.4. The Bertz CT molecular complexity index is 674. The maximum atomic E-state index is 12.0. The molecule has 2 rings (SSSR count). The molecule has 0 bridgehead atoms. The lowest BCUT2D eigenvalue weighted by atomic mass is 10.1. The number of ketones is 1. The van der Waals surface area contributed by atoms with E-state index < -0.39 is 12.6 Å². The summed E-state index contributed by atoms with van der Waals surface area (Å²) in [4.78, 5) is 22.3. The molecular formula is C14H13N3O4. The number of nitrogens with zero attached hydrogens (tertiary/aromatic N) is 3. The van der Waals surface area contributed by atoms with Crippen LogP contribution < -0.4 is 4.74 Å². The third-order valence-electron chi connectivity index (χ3n) is 2.66. The van der Waals surface area contributed by atoms with Gasteiger partial charge in [-0.3, -0.25) is 4.79 Å². The minimum atomic E-state index is -1.05. The molecule has 0 fully saturated rings. The number of ether oxygens (including phenoxy) is 1. The van der Waals surface area contributed by atoms with Gasteiger partial charge in [0.05, 0.1) is 11.9 Å². The van der Waals surface area contributed by atoms with E-state index in [1.165, 1.54) is 6.08 Å². The average molecular weight is 287 g/mol. The molecule has 0 radical (unpaired) electrons. The summed E-state index contributed by atoms with van der Waals surface area (Å²) in [6.07, 6.45) is 4.59. The minimum absolute atomic E-state index is 0.180. The molecule has 7 heteroatoms. The van der Waals surface area contributed by atoms with Crippen molar-refractivity contribution in [3.8, 4) is 5.75 Å². The quantitative estimate of drug-likeness (QED) is 0.633. The molecule has 0 unspecified atom stereocenters. The van der Waals surface area contributed by atoms with Crippen LogP contribution in [0.25, 0.3) is 6.08 Å². The first-order valence-electron chi connectivity index (χ1n) is 6.08. The maximum Gasteiger partial charge on any atom is 0.341 e. The highest BCUT2D eigenvalue weighted by Gasteiger charge is 2.04. The van der Waals surface area contributed by atoms with Crippen molar-refractivity contribution in [2.75, 3.05) is 6.61 Å². The summed E-state index contributed by atoms with van der Waals surface area (Å²) >= 11 is 0. The van der Waals surface area contributed by atoms with Gasteiger partial charge in [-0.05, 0) is 36.4 Å². The predicted molar refractivity (Wildman–Crippen MR) is 73.9 cm³/mol. The van der Waals surface area contributed by atoms with E-state index in [1.807, 2.05) is 0 Å². The lowest BCUT2D eigenvalue weighted by Crippen LogP contribution is -2.09. The Morgan fingerprint density at radius 1 is 1.33 bits per heavy atom. The molecule has 1 aromatic carbocycles. The second-order valence-electron chi connectivity index (χ2n) is 4.19. The van der Waals surface area contributed by atoms with Gasteiger partial charge >= 0.3 is 5.97 Å². The monoisotopic (exact) mass is 287 g/mol. The number of carbonyl (C=O) groups is 2. The molecular weight excluding hydrogens is 274 g/mol. The Hall–Kier alpha value is -2.96. The number of carbonyl (C=O) groups excluding carboxylic acids is 1. The van der Waals surface area contributed by atoms with Crippen LogP contribution in [0.1, 0.15) is 16.1 Å². The second-order valence-corrected chi connectivity index (χ2v) is 4.19.